The Hall–Kier alpha value is -2.01. The van der Waals surface area contributed by atoms with Crippen LogP contribution in [0.1, 0.15) is 0 Å². The van der Waals surface area contributed by atoms with Gasteiger partial charge >= 0.3 is 11.4 Å². The zero-order valence-corrected chi connectivity index (χ0v) is 9.55. The molecular formula is C11H9ClN2O3. The van der Waals surface area contributed by atoms with Gasteiger partial charge in [0.15, 0.2) is 0 Å². The summed E-state index contributed by atoms with van der Waals surface area (Å²) in [6.07, 6.45) is 1.45. The molecule has 6 heteroatoms. The highest BCUT2D eigenvalue weighted by molar-refractivity contribution is 6.30. The Bertz CT molecular complexity index is 649. The molecule has 2 rings (SSSR count). The number of benzene rings is 1. The fourth-order valence-electron chi connectivity index (χ4n) is 1.38. The van der Waals surface area contributed by atoms with E-state index in [9.17, 15) is 9.59 Å². The minimum Gasteiger partial charge on any atom is -0.312 e. The van der Waals surface area contributed by atoms with Crippen molar-refractivity contribution in [2.24, 2.45) is 0 Å². The molecule has 0 atom stereocenters. The van der Waals surface area contributed by atoms with Gasteiger partial charge in [-0.2, -0.15) is 0 Å². The number of aromatic nitrogens is 2. The molecule has 88 valence electrons. The van der Waals surface area contributed by atoms with Crippen molar-refractivity contribution in [1.29, 1.82) is 0 Å². The number of rotatable bonds is 3. The molecule has 0 aliphatic carbocycles. The van der Waals surface area contributed by atoms with Crippen LogP contribution in [0.3, 0.4) is 0 Å². The van der Waals surface area contributed by atoms with Gasteiger partial charge in [0.25, 0.3) is 0 Å². The maximum Gasteiger partial charge on any atom is 0.443 e. The lowest BCUT2D eigenvalue weighted by atomic mass is 10.3. The Morgan fingerprint density at radius 3 is 2.53 bits per heavy atom. The molecule has 1 aromatic carbocycles. The fraction of sp³-hybridized carbons (Fsp3) is 0.0909. The van der Waals surface area contributed by atoms with Gasteiger partial charge in [-0.25, -0.2) is 14.2 Å². The summed E-state index contributed by atoms with van der Waals surface area (Å²) in [5.41, 5.74) is -0.100. The summed E-state index contributed by atoms with van der Waals surface area (Å²) in [5, 5.41) is 0.537. The van der Waals surface area contributed by atoms with Gasteiger partial charge < -0.3 is 4.52 Å². The van der Waals surface area contributed by atoms with E-state index in [2.05, 4.69) is 6.58 Å². The largest absolute Gasteiger partial charge is 0.443 e. The van der Waals surface area contributed by atoms with Crippen LogP contribution in [0.25, 0.3) is 5.69 Å². The molecule has 1 aromatic heterocycles. The molecule has 0 bridgehead atoms. The third-order valence-corrected chi connectivity index (χ3v) is 2.42. The molecule has 0 unspecified atom stereocenters. The SMILES string of the molecule is C=CCn1c(=O)on(-c2ccc(Cl)cc2)c1=O. The quantitative estimate of drug-likeness (QED) is 0.777. The maximum absolute atomic E-state index is 11.8. The topological polar surface area (TPSA) is 57.1 Å². The maximum atomic E-state index is 11.8. The van der Waals surface area contributed by atoms with E-state index in [4.69, 9.17) is 16.1 Å². The van der Waals surface area contributed by atoms with Crippen LogP contribution in [0.5, 0.6) is 0 Å². The first-order valence-corrected chi connectivity index (χ1v) is 5.21. The van der Waals surface area contributed by atoms with Crippen molar-refractivity contribution in [3.63, 3.8) is 0 Å². The minimum absolute atomic E-state index is 0.113. The van der Waals surface area contributed by atoms with Gasteiger partial charge in [-0.15, -0.1) is 11.3 Å². The van der Waals surface area contributed by atoms with Crippen molar-refractivity contribution in [2.45, 2.75) is 6.54 Å². The number of hydrogen-bond donors (Lipinski definition) is 0. The second-order valence-corrected chi connectivity index (χ2v) is 3.75. The van der Waals surface area contributed by atoms with Gasteiger partial charge in [-0.1, -0.05) is 17.7 Å². The van der Waals surface area contributed by atoms with E-state index < -0.39 is 11.4 Å². The summed E-state index contributed by atoms with van der Waals surface area (Å²) in [7, 11) is 0. The Kier molecular flexibility index (Phi) is 3.01. The Morgan fingerprint density at radius 2 is 1.94 bits per heavy atom. The van der Waals surface area contributed by atoms with Crippen LogP contribution in [0, 0.1) is 0 Å². The summed E-state index contributed by atoms with van der Waals surface area (Å²) >= 11 is 5.73. The molecule has 0 amide bonds. The predicted molar refractivity (Wildman–Crippen MR) is 63.8 cm³/mol. The van der Waals surface area contributed by atoms with E-state index in [1.54, 1.807) is 24.3 Å². The number of nitrogens with zero attached hydrogens (tertiary/aromatic N) is 2. The van der Waals surface area contributed by atoms with Crippen molar-refractivity contribution < 1.29 is 4.52 Å². The lowest BCUT2D eigenvalue weighted by Crippen LogP contribution is -2.27. The molecule has 0 radical (unpaired) electrons. The van der Waals surface area contributed by atoms with E-state index in [0.29, 0.717) is 10.7 Å². The molecule has 0 spiro atoms. The standard InChI is InChI=1S/C11H9ClN2O3/c1-2-7-13-10(15)14(17-11(13)16)9-5-3-8(12)4-6-9/h2-6H,1,7H2. The lowest BCUT2D eigenvalue weighted by molar-refractivity contribution is 0.312. The number of hydrogen-bond acceptors (Lipinski definition) is 3. The van der Waals surface area contributed by atoms with Crippen LogP contribution in [-0.4, -0.2) is 9.31 Å². The molecule has 0 aliphatic rings. The summed E-state index contributed by atoms with van der Waals surface area (Å²) in [5.74, 6) is -0.718. The molecular weight excluding hydrogens is 244 g/mol. The van der Waals surface area contributed by atoms with Crippen LogP contribution in [-0.2, 0) is 6.54 Å². The van der Waals surface area contributed by atoms with E-state index in [0.717, 1.165) is 9.31 Å². The molecule has 0 N–H and O–H groups in total. The fourth-order valence-corrected chi connectivity index (χ4v) is 1.50. The first-order chi connectivity index (χ1) is 8.13. The third kappa shape index (κ3) is 2.09. The highest BCUT2D eigenvalue weighted by Crippen LogP contribution is 2.11. The first-order valence-electron chi connectivity index (χ1n) is 4.83. The smallest absolute Gasteiger partial charge is 0.312 e. The highest BCUT2D eigenvalue weighted by Gasteiger charge is 2.11. The van der Waals surface area contributed by atoms with Crippen LogP contribution >= 0.6 is 11.6 Å². The van der Waals surface area contributed by atoms with Crippen molar-refractivity contribution in [1.82, 2.24) is 9.31 Å². The lowest BCUT2D eigenvalue weighted by Gasteiger charge is -1.97. The first kappa shape index (κ1) is 11.5. The summed E-state index contributed by atoms with van der Waals surface area (Å²) < 4.78 is 6.71. The van der Waals surface area contributed by atoms with Crippen molar-refractivity contribution in [2.75, 3.05) is 0 Å². The van der Waals surface area contributed by atoms with Crippen molar-refractivity contribution in [3.8, 4) is 5.69 Å². The molecule has 0 saturated carbocycles. The van der Waals surface area contributed by atoms with Crippen molar-refractivity contribution in [3.05, 3.63) is 63.0 Å². The van der Waals surface area contributed by atoms with Gasteiger partial charge in [0.05, 0.1) is 12.2 Å². The second-order valence-electron chi connectivity index (χ2n) is 3.31. The average Bonchev–Trinajstić information content (AvgIpc) is 2.59. The molecule has 0 saturated heterocycles. The monoisotopic (exact) mass is 252 g/mol. The molecule has 2 aromatic rings. The summed E-state index contributed by atoms with van der Waals surface area (Å²) in [4.78, 5) is 23.2. The van der Waals surface area contributed by atoms with Gasteiger partial charge in [0.1, 0.15) is 0 Å². The van der Waals surface area contributed by atoms with Gasteiger partial charge in [-0.05, 0) is 24.3 Å². The van der Waals surface area contributed by atoms with Crippen LogP contribution in [0.2, 0.25) is 5.02 Å². The molecule has 17 heavy (non-hydrogen) atoms. The normalized spacial score (nSPS) is 10.4. The summed E-state index contributed by atoms with van der Waals surface area (Å²) in [6.45, 7) is 3.58. The minimum atomic E-state index is -0.718. The van der Waals surface area contributed by atoms with Gasteiger partial charge in [-0.3, -0.25) is 0 Å². The Balaban J connectivity index is 2.57. The number of halogens is 1. The van der Waals surface area contributed by atoms with Crippen LogP contribution in [0.4, 0.5) is 0 Å². The highest BCUT2D eigenvalue weighted by atomic mass is 35.5. The van der Waals surface area contributed by atoms with Gasteiger partial charge in [0, 0.05) is 5.02 Å². The van der Waals surface area contributed by atoms with E-state index in [1.807, 2.05) is 0 Å². The van der Waals surface area contributed by atoms with Crippen LogP contribution < -0.4 is 11.4 Å². The van der Waals surface area contributed by atoms with E-state index in [1.165, 1.54) is 6.08 Å². The molecule has 0 aliphatic heterocycles. The average molecular weight is 253 g/mol. The predicted octanol–water partition coefficient (Wildman–Crippen LogP) is 1.43. The van der Waals surface area contributed by atoms with E-state index >= 15 is 0 Å². The second kappa shape index (κ2) is 4.47. The number of allylic oxidation sites excluding steroid dienone is 1. The zero-order chi connectivity index (χ0) is 12.4. The van der Waals surface area contributed by atoms with Crippen molar-refractivity contribution >= 4 is 11.6 Å². The zero-order valence-electron chi connectivity index (χ0n) is 8.80. The van der Waals surface area contributed by atoms with E-state index in [-0.39, 0.29) is 6.54 Å². The molecule has 1 heterocycles. The third-order valence-electron chi connectivity index (χ3n) is 2.17. The molecule has 0 fully saturated rings. The van der Waals surface area contributed by atoms with Crippen LogP contribution in [0.15, 0.2) is 51.0 Å². The summed E-state index contributed by atoms with van der Waals surface area (Å²) in [6, 6.07) is 6.39. The Labute approximate surface area is 101 Å². The Morgan fingerprint density at radius 1 is 1.29 bits per heavy atom. The molecule has 5 nitrogen and oxygen atoms in total. The van der Waals surface area contributed by atoms with Gasteiger partial charge in [0.2, 0.25) is 0 Å².